The summed E-state index contributed by atoms with van der Waals surface area (Å²) in [5, 5.41) is 3.83. The zero-order chi connectivity index (χ0) is 14.7. The highest BCUT2D eigenvalue weighted by atomic mass is 16.7. The molecule has 0 radical (unpaired) electrons. The smallest absolute Gasteiger partial charge is 0.312 e. The van der Waals surface area contributed by atoms with Gasteiger partial charge in [-0.3, -0.25) is 4.79 Å². The van der Waals surface area contributed by atoms with Gasteiger partial charge in [-0.05, 0) is 56.2 Å². The topological polar surface area (TPSA) is 55.7 Å². The van der Waals surface area contributed by atoms with Gasteiger partial charge in [0.05, 0.1) is 5.56 Å². The van der Waals surface area contributed by atoms with Crippen LogP contribution in [0.5, 0.6) is 0 Å². The number of benzene rings is 1. The van der Waals surface area contributed by atoms with Crippen molar-refractivity contribution in [3.05, 3.63) is 58.7 Å². The van der Waals surface area contributed by atoms with Crippen LogP contribution in [0.3, 0.4) is 0 Å². The molecule has 0 unspecified atom stereocenters. The Morgan fingerprint density at radius 1 is 1.10 bits per heavy atom. The summed E-state index contributed by atoms with van der Waals surface area (Å²) in [4.78, 5) is 28.2. The molecule has 0 atom stereocenters. The molecule has 0 spiro atoms. The lowest BCUT2D eigenvalue weighted by Gasteiger charge is -2.08. The van der Waals surface area contributed by atoms with Crippen LogP contribution in [0.2, 0.25) is 0 Å². The molecule has 1 aromatic rings. The Kier molecular flexibility index (Phi) is 3.94. The first-order valence-electron chi connectivity index (χ1n) is 6.24. The third kappa shape index (κ3) is 3.09. The van der Waals surface area contributed by atoms with E-state index in [1.807, 2.05) is 13.0 Å². The summed E-state index contributed by atoms with van der Waals surface area (Å²) in [6, 6.07) is 7.09. The van der Waals surface area contributed by atoms with Gasteiger partial charge in [0.25, 0.3) is 0 Å². The number of rotatable bonds is 2. The van der Waals surface area contributed by atoms with Crippen LogP contribution in [0.25, 0.3) is 0 Å². The number of nitrogens with zero attached hydrogens (tertiary/aromatic N) is 1. The molecule has 20 heavy (non-hydrogen) atoms. The summed E-state index contributed by atoms with van der Waals surface area (Å²) in [6.07, 6.45) is 3.09. The van der Waals surface area contributed by atoms with Gasteiger partial charge in [0.15, 0.2) is 5.78 Å². The van der Waals surface area contributed by atoms with E-state index < -0.39 is 5.97 Å². The lowest BCUT2D eigenvalue weighted by atomic mass is 9.99. The first kappa shape index (κ1) is 13.9. The molecule has 2 rings (SSSR count). The molecular weight excluding hydrogens is 254 g/mol. The molecular formula is C16H15NO3. The maximum Gasteiger partial charge on any atom is 0.365 e. The van der Waals surface area contributed by atoms with Crippen LogP contribution in [0.1, 0.15) is 29.8 Å². The van der Waals surface area contributed by atoms with E-state index in [9.17, 15) is 9.59 Å². The minimum Gasteiger partial charge on any atom is -0.312 e. The van der Waals surface area contributed by atoms with Crippen molar-refractivity contribution in [2.75, 3.05) is 0 Å². The van der Waals surface area contributed by atoms with Crippen molar-refractivity contribution in [1.82, 2.24) is 0 Å². The maximum atomic E-state index is 11.9. The largest absolute Gasteiger partial charge is 0.365 e. The number of carbonyl (C=O) groups excluding carboxylic acids is 2. The van der Waals surface area contributed by atoms with Gasteiger partial charge in [-0.2, -0.15) is 0 Å². The molecule has 0 N–H and O–H groups in total. The highest BCUT2D eigenvalue weighted by Crippen LogP contribution is 2.13. The van der Waals surface area contributed by atoms with Gasteiger partial charge in [0.1, 0.15) is 5.71 Å². The highest BCUT2D eigenvalue weighted by Gasteiger charge is 2.14. The minimum atomic E-state index is -0.517. The van der Waals surface area contributed by atoms with E-state index in [-0.39, 0.29) is 5.78 Å². The first-order valence-corrected chi connectivity index (χ1v) is 6.24. The Morgan fingerprint density at radius 3 is 2.55 bits per heavy atom. The number of oxime groups is 1. The van der Waals surface area contributed by atoms with E-state index in [1.54, 1.807) is 38.1 Å². The Morgan fingerprint density at radius 2 is 1.85 bits per heavy atom. The first-order chi connectivity index (χ1) is 9.47. The second-order valence-electron chi connectivity index (χ2n) is 4.74. The van der Waals surface area contributed by atoms with Gasteiger partial charge in [-0.1, -0.05) is 22.9 Å². The standard InChI is InChI=1S/C16H15NO3/c1-10-5-4-6-13(7-10)16(19)20-17-14-8-12(3)15(18)9-11(14)2/h4-9H,1-3H3/b17-14+. The van der Waals surface area contributed by atoms with E-state index in [0.29, 0.717) is 22.4 Å². The molecule has 0 amide bonds. The van der Waals surface area contributed by atoms with Crippen molar-refractivity contribution in [3.63, 3.8) is 0 Å². The molecule has 1 aliphatic rings. The van der Waals surface area contributed by atoms with Crippen LogP contribution in [0, 0.1) is 6.92 Å². The molecule has 102 valence electrons. The molecule has 0 aromatic heterocycles. The summed E-state index contributed by atoms with van der Waals surface area (Å²) in [7, 11) is 0. The third-order valence-electron chi connectivity index (χ3n) is 2.97. The molecule has 0 fully saturated rings. The normalized spacial score (nSPS) is 16.8. The average molecular weight is 269 g/mol. The number of hydrogen-bond donors (Lipinski definition) is 0. The molecule has 4 heteroatoms. The van der Waals surface area contributed by atoms with Gasteiger partial charge < -0.3 is 4.84 Å². The molecule has 0 heterocycles. The average Bonchev–Trinajstić information content (AvgIpc) is 2.41. The summed E-state index contributed by atoms with van der Waals surface area (Å²) in [6.45, 7) is 5.34. The zero-order valence-electron chi connectivity index (χ0n) is 11.6. The van der Waals surface area contributed by atoms with E-state index in [4.69, 9.17) is 4.84 Å². The Balaban J connectivity index is 2.15. The van der Waals surface area contributed by atoms with Crippen LogP contribution < -0.4 is 0 Å². The molecule has 0 saturated carbocycles. The number of allylic oxidation sites excluding steroid dienone is 4. The fraction of sp³-hybridized carbons (Fsp3) is 0.188. The molecule has 0 aliphatic heterocycles. The van der Waals surface area contributed by atoms with Crippen LogP contribution in [0.4, 0.5) is 0 Å². The predicted molar refractivity (Wildman–Crippen MR) is 76.6 cm³/mol. The van der Waals surface area contributed by atoms with Crippen LogP contribution in [-0.2, 0) is 9.63 Å². The van der Waals surface area contributed by atoms with E-state index in [1.165, 1.54) is 6.08 Å². The van der Waals surface area contributed by atoms with Crippen LogP contribution >= 0.6 is 0 Å². The number of hydrogen-bond acceptors (Lipinski definition) is 4. The van der Waals surface area contributed by atoms with E-state index in [0.717, 1.165) is 5.56 Å². The fourth-order valence-electron chi connectivity index (χ4n) is 1.79. The van der Waals surface area contributed by atoms with Crippen molar-refractivity contribution in [2.24, 2.45) is 5.16 Å². The predicted octanol–water partition coefficient (Wildman–Crippen LogP) is 2.98. The summed E-state index contributed by atoms with van der Waals surface area (Å²) in [5.41, 5.74) is 3.16. The fourth-order valence-corrected chi connectivity index (χ4v) is 1.79. The Bertz CT molecular complexity index is 666. The van der Waals surface area contributed by atoms with Gasteiger partial charge in [-0.25, -0.2) is 4.79 Å². The molecule has 0 bridgehead atoms. The lowest BCUT2D eigenvalue weighted by Crippen LogP contribution is -2.11. The second-order valence-corrected chi connectivity index (χ2v) is 4.74. The molecule has 1 aliphatic carbocycles. The Labute approximate surface area is 117 Å². The maximum absolute atomic E-state index is 11.9. The van der Waals surface area contributed by atoms with Gasteiger partial charge in [0, 0.05) is 0 Å². The van der Waals surface area contributed by atoms with Crippen molar-refractivity contribution >= 4 is 17.5 Å². The van der Waals surface area contributed by atoms with Crippen molar-refractivity contribution in [2.45, 2.75) is 20.8 Å². The minimum absolute atomic E-state index is 0.0496. The lowest BCUT2D eigenvalue weighted by molar-refractivity contribution is -0.111. The monoisotopic (exact) mass is 269 g/mol. The molecule has 1 aromatic carbocycles. The summed E-state index contributed by atoms with van der Waals surface area (Å²) < 4.78 is 0. The van der Waals surface area contributed by atoms with Crippen LogP contribution in [-0.4, -0.2) is 17.5 Å². The summed E-state index contributed by atoms with van der Waals surface area (Å²) in [5.74, 6) is -0.566. The molecule has 4 nitrogen and oxygen atoms in total. The van der Waals surface area contributed by atoms with Crippen molar-refractivity contribution in [3.8, 4) is 0 Å². The van der Waals surface area contributed by atoms with Gasteiger partial charge in [0.2, 0.25) is 0 Å². The molecule has 0 saturated heterocycles. The van der Waals surface area contributed by atoms with Crippen LogP contribution in [0.15, 0.2) is 52.7 Å². The number of ketones is 1. The van der Waals surface area contributed by atoms with Crippen molar-refractivity contribution < 1.29 is 14.4 Å². The number of carbonyl (C=O) groups is 2. The SMILES string of the molecule is CC1=C/C(=N\OC(=O)c2cccc(C)c2)C(C)=CC1=O. The van der Waals surface area contributed by atoms with Gasteiger partial charge in [-0.15, -0.1) is 0 Å². The quantitative estimate of drug-likeness (QED) is 0.471. The second kappa shape index (κ2) is 5.65. The summed E-state index contributed by atoms with van der Waals surface area (Å²) >= 11 is 0. The van der Waals surface area contributed by atoms with E-state index >= 15 is 0 Å². The number of aryl methyl sites for hydroxylation is 1. The van der Waals surface area contributed by atoms with Gasteiger partial charge >= 0.3 is 5.97 Å². The van der Waals surface area contributed by atoms with E-state index in [2.05, 4.69) is 5.16 Å². The van der Waals surface area contributed by atoms with Crippen molar-refractivity contribution in [1.29, 1.82) is 0 Å². The Hall–Kier alpha value is -2.49. The third-order valence-corrected chi connectivity index (χ3v) is 2.97. The highest BCUT2D eigenvalue weighted by molar-refractivity contribution is 6.21. The zero-order valence-corrected chi connectivity index (χ0v) is 11.6.